The fourth-order valence-corrected chi connectivity index (χ4v) is 5.29. The van der Waals surface area contributed by atoms with E-state index in [2.05, 4.69) is 0 Å². The summed E-state index contributed by atoms with van der Waals surface area (Å²) in [6, 6.07) is 5.90. The maximum atomic E-state index is 13.1. The summed E-state index contributed by atoms with van der Waals surface area (Å²) in [6.07, 6.45) is 0.843. The number of sulfonamides is 1. The maximum absolute atomic E-state index is 13.1. The van der Waals surface area contributed by atoms with Gasteiger partial charge in [0.2, 0.25) is 10.0 Å². The van der Waals surface area contributed by atoms with E-state index >= 15 is 0 Å². The first-order valence-electron chi connectivity index (χ1n) is 8.47. The highest BCUT2D eigenvalue weighted by Gasteiger charge is 2.50. The lowest BCUT2D eigenvalue weighted by Crippen LogP contribution is -2.55. The SMILES string of the molecule is CC(=O)c1ccc(S(=O)(=O)N2CCOC23CCN(CC(=O)O)CC3)cc1. The van der Waals surface area contributed by atoms with Gasteiger partial charge in [0.1, 0.15) is 5.72 Å². The van der Waals surface area contributed by atoms with Crippen LogP contribution in [0.4, 0.5) is 0 Å². The average molecular weight is 382 g/mol. The van der Waals surface area contributed by atoms with Crippen LogP contribution >= 0.6 is 0 Å². The normalized spacial score (nSPS) is 21.1. The van der Waals surface area contributed by atoms with Gasteiger partial charge in [-0.2, -0.15) is 4.31 Å². The van der Waals surface area contributed by atoms with Crippen LogP contribution < -0.4 is 0 Å². The molecule has 142 valence electrons. The van der Waals surface area contributed by atoms with Gasteiger partial charge >= 0.3 is 5.97 Å². The summed E-state index contributed by atoms with van der Waals surface area (Å²) in [4.78, 5) is 24.2. The highest BCUT2D eigenvalue weighted by Crippen LogP contribution is 2.38. The van der Waals surface area contributed by atoms with Gasteiger partial charge in [-0.1, -0.05) is 12.1 Å². The fourth-order valence-electron chi connectivity index (χ4n) is 3.57. The number of benzene rings is 1. The summed E-state index contributed by atoms with van der Waals surface area (Å²) in [5.41, 5.74) is -0.467. The number of carbonyl (C=O) groups excluding carboxylic acids is 1. The zero-order valence-corrected chi connectivity index (χ0v) is 15.4. The van der Waals surface area contributed by atoms with Gasteiger partial charge in [-0.25, -0.2) is 8.42 Å². The van der Waals surface area contributed by atoms with Crippen molar-refractivity contribution in [3.63, 3.8) is 0 Å². The van der Waals surface area contributed by atoms with E-state index in [9.17, 15) is 18.0 Å². The third-order valence-electron chi connectivity index (χ3n) is 4.96. The van der Waals surface area contributed by atoms with Gasteiger partial charge in [0.15, 0.2) is 5.78 Å². The predicted molar refractivity (Wildman–Crippen MR) is 92.3 cm³/mol. The quantitative estimate of drug-likeness (QED) is 0.751. The second-order valence-corrected chi connectivity index (χ2v) is 8.48. The molecule has 0 amide bonds. The average Bonchev–Trinajstić information content (AvgIpc) is 3.01. The molecule has 1 aromatic rings. The molecule has 0 aromatic heterocycles. The van der Waals surface area contributed by atoms with E-state index < -0.39 is 21.7 Å². The van der Waals surface area contributed by atoms with Crippen molar-refractivity contribution in [2.75, 3.05) is 32.8 Å². The number of likely N-dealkylation sites (tertiary alicyclic amines) is 1. The minimum absolute atomic E-state index is 0.0602. The molecule has 1 spiro atoms. The molecular weight excluding hydrogens is 360 g/mol. The third kappa shape index (κ3) is 3.52. The number of carboxylic acid groups (broad SMARTS) is 1. The Kier molecular flexibility index (Phi) is 5.16. The summed E-state index contributed by atoms with van der Waals surface area (Å²) in [7, 11) is -3.77. The van der Waals surface area contributed by atoms with Gasteiger partial charge in [0.05, 0.1) is 18.0 Å². The standard InChI is InChI=1S/C17H22N2O6S/c1-13(20)14-2-4-15(5-3-14)26(23,24)19-10-11-25-17(19)6-8-18(9-7-17)12-16(21)22/h2-5H,6-12H2,1H3,(H,21,22). The largest absolute Gasteiger partial charge is 0.480 e. The lowest BCUT2D eigenvalue weighted by atomic mass is 10.0. The van der Waals surface area contributed by atoms with Crippen molar-refractivity contribution in [2.45, 2.75) is 30.4 Å². The van der Waals surface area contributed by atoms with Crippen molar-refractivity contribution >= 4 is 21.8 Å². The second-order valence-electron chi connectivity index (χ2n) is 6.62. The molecule has 9 heteroatoms. The summed E-state index contributed by atoms with van der Waals surface area (Å²) in [6.45, 7) is 2.86. The molecule has 3 rings (SSSR count). The molecule has 0 unspecified atom stereocenters. The highest BCUT2D eigenvalue weighted by molar-refractivity contribution is 7.89. The summed E-state index contributed by atoms with van der Waals surface area (Å²) >= 11 is 0. The van der Waals surface area contributed by atoms with Crippen molar-refractivity contribution in [3.8, 4) is 0 Å². The second kappa shape index (κ2) is 7.07. The molecule has 0 atom stereocenters. The van der Waals surface area contributed by atoms with Crippen LogP contribution in [0.15, 0.2) is 29.2 Å². The molecule has 1 N–H and O–H groups in total. The van der Waals surface area contributed by atoms with E-state index in [1.807, 2.05) is 0 Å². The van der Waals surface area contributed by atoms with Crippen molar-refractivity contribution in [1.82, 2.24) is 9.21 Å². The van der Waals surface area contributed by atoms with Gasteiger partial charge < -0.3 is 9.84 Å². The number of hydrogen-bond donors (Lipinski definition) is 1. The minimum Gasteiger partial charge on any atom is -0.480 e. The van der Waals surface area contributed by atoms with Crippen LogP contribution in [0.3, 0.4) is 0 Å². The number of carboxylic acids is 1. The van der Waals surface area contributed by atoms with Crippen LogP contribution in [-0.4, -0.2) is 73.0 Å². The van der Waals surface area contributed by atoms with E-state index in [-0.39, 0.29) is 23.8 Å². The van der Waals surface area contributed by atoms with Crippen LogP contribution in [0.2, 0.25) is 0 Å². The number of ether oxygens (including phenoxy) is 1. The molecule has 0 aliphatic carbocycles. The Morgan fingerprint density at radius 3 is 2.31 bits per heavy atom. The summed E-state index contributed by atoms with van der Waals surface area (Å²) in [5.74, 6) is -1.02. The van der Waals surface area contributed by atoms with E-state index in [4.69, 9.17) is 9.84 Å². The van der Waals surface area contributed by atoms with E-state index in [0.29, 0.717) is 38.1 Å². The van der Waals surface area contributed by atoms with Crippen molar-refractivity contribution in [3.05, 3.63) is 29.8 Å². The Bertz CT molecular complexity index is 797. The van der Waals surface area contributed by atoms with Gasteiger partial charge in [0.25, 0.3) is 0 Å². The molecule has 2 aliphatic rings. The summed E-state index contributed by atoms with van der Waals surface area (Å²) < 4.78 is 33.4. The number of ketones is 1. The topological polar surface area (TPSA) is 104 Å². The fraction of sp³-hybridized carbons (Fsp3) is 0.529. The minimum atomic E-state index is -3.77. The first-order valence-corrected chi connectivity index (χ1v) is 9.91. The molecule has 1 aromatic carbocycles. The predicted octanol–water partition coefficient (Wildman–Crippen LogP) is 0.787. The zero-order valence-electron chi connectivity index (χ0n) is 14.6. The summed E-state index contributed by atoms with van der Waals surface area (Å²) in [5, 5.41) is 8.91. The monoisotopic (exact) mass is 382 g/mol. The third-order valence-corrected chi connectivity index (χ3v) is 6.93. The number of piperidine rings is 1. The van der Waals surface area contributed by atoms with E-state index in [1.165, 1.54) is 35.5 Å². The lowest BCUT2D eigenvalue weighted by Gasteiger charge is -2.42. The van der Waals surface area contributed by atoms with Crippen molar-refractivity contribution in [2.24, 2.45) is 0 Å². The van der Waals surface area contributed by atoms with E-state index in [1.54, 1.807) is 4.90 Å². The molecular formula is C17H22N2O6S. The van der Waals surface area contributed by atoms with Gasteiger partial charge in [-0.05, 0) is 19.1 Å². The molecule has 0 bridgehead atoms. The maximum Gasteiger partial charge on any atom is 0.317 e. The molecule has 0 saturated carbocycles. The van der Waals surface area contributed by atoms with Gasteiger partial charge in [-0.15, -0.1) is 0 Å². The molecule has 2 fully saturated rings. The first-order chi connectivity index (χ1) is 12.2. The number of rotatable bonds is 5. The lowest BCUT2D eigenvalue weighted by molar-refractivity contribution is -0.141. The molecule has 26 heavy (non-hydrogen) atoms. The molecule has 2 saturated heterocycles. The van der Waals surface area contributed by atoms with Gasteiger partial charge in [-0.3, -0.25) is 14.5 Å². The smallest absolute Gasteiger partial charge is 0.317 e. The Morgan fingerprint density at radius 2 is 1.77 bits per heavy atom. The van der Waals surface area contributed by atoms with Crippen LogP contribution in [0.5, 0.6) is 0 Å². The number of nitrogens with zero attached hydrogens (tertiary/aromatic N) is 2. The van der Waals surface area contributed by atoms with E-state index in [0.717, 1.165) is 0 Å². The van der Waals surface area contributed by atoms with Crippen molar-refractivity contribution < 1.29 is 27.9 Å². The Morgan fingerprint density at radius 1 is 1.15 bits per heavy atom. The number of Topliss-reactive ketones (excluding diaryl/α,β-unsaturated/α-hetero) is 1. The Labute approximate surface area is 152 Å². The zero-order chi connectivity index (χ0) is 18.9. The number of hydrogen-bond acceptors (Lipinski definition) is 6. The Hall–Kier alpha value is -1.81. The first kappa shape index (κ1) is 19.0. The van der Waals surface area contributed by atoms with Crippen LogP contribution in [0.25, 0.3) is 0 Å². The Balaban J connectivity index is 1.81. The molecule has 8 nitrogen and oxygen atoms in total. The molecule has 0 radical (unpaired) electrons. The molecule has 2 heterocycles. The van der Waals surface area contributed by atoms with Crippen LogP contribution in [-0.2, 0) is 19.6 Å². The van der Waals surface area contributed by atoms with Crippen molar-refractivity contribution in [1.29, 1.82) is 0 Å². The highest BCUT2D eigenvalue weighted by atomic mass is 32.2. The number of carbonyl (C=O) groups is 2. The van der Waals surface area contributed by atoms with Crippen LogP contribution in [0.1, 0.15) is 30.1 Å². The van der Waals surface area contributed by atoms with Gasteiger partial charge in [0, 0.05) is 38.0 Å². The number of aliphatic carboxylic acids is 1. The van der Waals surface area contributed by atoms with Crippen LogP contribution in [0, 0.1) is 0 Å². The molecule has 2 aliphatic heterocycles.